The van der Waals surface area contributed by atoms with Crippen molar-refractivity contribution >= 4 is 17.5 Å². The summed E-state index contributed by atoms with van der Waals surface area (Å²) in [5, 5.41) is 0. The fourth-order valence-corrected chi connectivity index (χ4v) is 10.2. The van der Waals surface area contributed by atoms with Gasteiger partial charge in [0.2, 0.25) is 5.70 Å². The summed E-state index contributed by atoms with van der Waals surface area (Å²) >= 11 is 0. The third-order valence-corrected chi connectivity index (χ3v) is 12.7. The van der Waals surface area contributed by atoms with Gasteiger partial charge in [0.25, 0.3) is 0 Å². The Bertz CT molecular complexity index is 1200. The van der Waals surface area contributed by atoms with E-state index >= 15 is 0 Å². The molecule has 0 aromatic carbocycles. The summed E-state index contributed by atoms with van der Waals surface area (Å²) in [5.41, 5.74) is -0.743. The minimum absolute atomic E-state index is 0.0183. The molecule has 5 aliphatic rings. The zero-order valence-corrected chi connectivity index (χ0v) is 23.9. The molecule has 5 rings (SSSR count). The van der Waals surface area contributed by atoms with E-state index in [1.807, 2.05) is 32.9 Å². The molecule has 3 saturated carbocycles. The number of ketones is 2. The van der Waals surface area contributed by atoms with E-state index in [9.17, 15) is 14.4 Å². The zero-order chi connectivity index (χ0) is 27.4. The third kappa shape index (κ3) is 3.11. The molecule has 0 radical (unpaired) electrons. The van der Waals surface area contributed by atoms with Gasteiger partial charge >= 0.3 is 5.97 Å². The molecular weight excluding hydrogens is 462 g/mol. The monoisotopic (exact) mass is 505 g/mol. The van der Waals surface area contributed by atoms with Crippen molar-refractivity contribution in [1.82, 2.24) is 0 Å². The fraction of sp³-hybridized carbons (Fsp3) is 0.750. The molecule has 0 aliphatic heterocycles. The summed E-state index contributed by atoms with van der Waals surface area (Å²) in [6.07, 6.45) is 10.2. The Kier molecular flexibility index (Phi) is 5.47. The van der Waals surface area contributed by atoms with E-state index in [0.29, 0.717) is 0 Å². The summed E-state index contributed by atoms with van der Waals surface area (Å²) in [5.74, 6) is -0.191. The van der Waals surface area contributed by atoms with Gasteiger partial charge in [-0.05, 0) is 91.4 Å². The molecule has 0 spiro atoms. The smallest absolute Gasteiger partial charge is 0.311 e. The van der Waals surface area contributed by atoms with Crippen LogP contribution in [0, 0.1) is 56.8 Å². The molecule has 0 saturated heterocycles. The molecule has 0 N–H and O–H groups in total. The van der Waals surface area contributed by atoms with E-state index < -0.39 is 16.2 Å². The van der Waals surface area contributed by atoms with Crippen molar-refractivity contribution in [3.05, 3.63) is 34.8 Å². The minimum Gasteiger partial charge on any atom is -0.469 e. The van der Waals surface area contributed by atoms with Crippen molar-refractivity contribution in [3.8, 4) is 0 Å². The van der Waals surface area contributed by atoms with Crippen molar-refractivity contribution in [2.24, 2.45) is 50.2 Å². The molecule has 5 aliphatic carbocycles. The number of rotatable bonds is 1. The van der Waals surface area contributed by atoms with Crippen LogP contribution in [0.2, 0.25) is 0 Å². The zero-order valence-electron chi connectivity index (χ0n) is 23.9. The van der Waals surface area contributed by atoms with Crippen LogP contribution in [-0.4, -0.2) is 24.6 Å². The second-order valence-electron chi connectivity index (χ2n) is 14.8. The number of nitrogens with zero attached hydrogens (tertiary/aromatic N) is 1. The predicted molar refractivity (Wildman–Crippen MR) is 142 cm³/mol. The molecule has 0 aromatic heterocycles. The first-order chi connectivity index (χ1) is 17.0. The van der Waals surface area contributed by atoms with Crippen LogP contribution < -0.4 is 0 Å². The lowest BCUT2D eigenvalue weighted by Crippen LogP contribution is -2.65. The van der Waals surface area contributed by atoms with Gasteiger partial charge in [-0.15, -0.1) is 0 Å². The number of fused-ring (bicyclic) bond motifs is 7. The highest BCUT2D eigenvalue weighted by Crippen LogP contribution is 2.74. The van der Waals surface area contributed by atoms with Crippen LogP contribution >= 0.6 is 0 Å². The van der Waals surface area contributed by atoms with E-state index in [4.69, 9.17) is 11.3 Å². The Morgan fingerprint density at radius 3 is 2.27 bits per heavy atom. The molecule has 37 heavy (non-hydrogen) atoms. The largest absolute Gasteiger partial charge is 0.469 e. The maximum absolute atomic E-state index is 14.3. The first-order valence-corrected chi connectivity index (χ1v) is 14.0. The van der Waals surface area contributed by atoms with E-state index in [1.165, 1.54) is 12.7 Å². The standard InChI is InChI=1S/C32H43NO4/c1-27(2)23-10-11-32(7)24(30(23,5)18-21(33-8)25(27)35)22(34)16-19-20-17-29(4,26(36)37-9)13-12-28(20,3)14-15-31(19,32)6/h16,18,20,23-24H,10-15,17H2,1-7,9H3/t20?,23-,24+,28?,29-,30?,31+,32?/m0/s1. The first-order valence-electron chi connectivity index (χ1n) is 14.0. The number of carbonyl (C=O) groups excluding carboxylic acids is 3. The summed E-state index contributed by atoms with van der Waals surface area (Å²) in [6, 6.07) is 0. The normalized spacial score (nSPS) is 48.2. The van der Waals surface area contributed by atoms with Gasteiger partial charge in [0.1, 0.15) is 0 Å². The average Bonchev–Trinajstić information content (AvgIpc) is 2.83. The summed E-state index contributed by atoms with van der Waals surface area (Å²) in [4.78, 5) is 44.0. The van der Waals surface area contributed by atoms with Crippen LogP contribution in [0.5, 0.6) is 0 Å². The number of carbonyl (C=O) groups is 3. The van der Waals surface area contributed by atoms with Gasteiger partial charge in [-0.25, -0.2) is 4.85 Å². The minimum atomic E-state index is -0.674. The Labute approximate surface area is 222 Å². The van der Waals surface area contributed by atoms with Crippen molar-refractivity contribution < 1.29 is 19.1 Å². The fourth-order valence-electron chi connectivity index (χ4n) is 10.2. The molecule has 3 fully saturated rings. The quantitative estimate of drug-likeness (QED) is 0.293. The molecule has 0 aromatic rings. The molecule has 0 heterocycles. The SMILES string of the molecule is [C-]#[N+]C1=CC2(C)[C@H]3C(=O)C=C4C5C[C@@](C)(C(=O)OC)CCC5(C)CC[C@@]4(C)C3(C)CC[C@H]2C(C)(C)C1=O. The van der Waals surface area contributed by atoms with Gasteiger partial charge in [-0.2, -0.15) is 0 Å². The molecule has 5 nitrogen and oxygen atoms in total. The molecule has 8 atom stereocenters. The van der Waals surface area contributed by atoms with Crippen molar-refractivity contribution in [3.63, 3.8) is 0 Å². The van der Waals surface area contributed by atoms with Crippen molar-refractivity contribution in [2.45, 2.75) is 93.4 Å². The van der Waals surface area contributed by atoms with Crippen LogP contribution in [0.25, 0.3) is 4.85 Å². The molecule has 5 heteroatoms. The Morgan fingerprint density at radius 2 is 1.65 bits per heavy atom. The number of hydrogen-bond donors (Lipinski definition) is 0. The van der Waals surface area contributed by atoms with E-state index in [0.717, 1.165) is 44.9 Å². The summed E-state index contributed by atoms with van der Waals surface area (Å²) in [7, 11) is 1.47. The number of methoxy groups -OCH3 is 1. The number of ether oxygens (including phenoxy) is 1. The lowest BCUT2D eigenvalue weighted by atomic mass is 9.34. The second-order valence-corrected chi connectivity index (χ2v) is 14.8. The maximum Gasteiger partial charge on any atom is 0.311 e. The Balaban J connectivity index is 1.67. The average molecular weight is 506 g/mol. The molecule has 0 bridgehead atoms. The van der Waals surface area contributed by atoms with Crippen LogP contribution in [0.3, 0.4) is 0 Å². The first kappa shape index (κ1) is 26.4. The van der Waals surface area contributed by atoms with Crippen LogP contribution in [0.1, 0.15) is 93.4 Å². The Hall–Kier alpha value is -2.22. The number of hydrogen-bond acceptors (Lipinski definition) is 4. The molecule has 4 unspecified atom stereocenters. The van der Waals surface area contributed by atoms with Gasteiger partial charge in [0, 0.05) is 11.3 Å². The highest BCUT2D eigenvalue weighted by atomic mass is 16.5. The van der Waals surface area contributed by atoms with Crippen LogP contribution in [0.4, 0.5) is 0 Å². The van der Waals surface area contributed by atoms with Crippen LogP contribution in [0.15, 0.2) is 23.4 Å². The predicted octanol–water partition coefficient (Wildman–Crippen LogP) is 6.73. The van der Waals surface area contributed by atoms with Gasteiger partial charge < -0.3 is 9.53 Å². The second kappa shape index (κ2) is 7.67. The molecule has 200 valence electrons. The number of Topliss-reactive ketones (excluding diaryl/α,β-unsaturated/α-hetero) is 1. The van der Waals surface area contributed by atoms with Crippen molar-refractivity contribution in [1.29, 1.82) is 0 Å². The summed E-state index contributed by atoms with van der Waals surface area (Å²) in [6.45, 7) is 22.9. The highest BCUT2D eigenvalue weighted by Gasteiger charge is 2.70. The lowest BCUT2D eigenvalue weighted by molar-refractivity contribution is -0.172. The van der Waals surface area contributed by atoms with E-state index in [-0.39, 0.29) is 57.2 Å². The Morgan fingerprint density at radius 1 is 1.00 bits per heavy atom. The topological polar surface area (TPSA) is 64.8 Å². The molecule has 0 amide bonds. The highest BCUT2D eigenvalue weighted by molar-refractivity contribution is 6.03. The number of allylic oxidation sites excluding steroid dienone is 4. The van der Waals surface area contributed by atoms with Crippen LogP contribution in [-0.2, 0) is 19.1 Å². The van der Waals surface area contributed by atoms with Gasteiger partial charge in [-0.1, -0.05) is 53.2 Å². The van der Waals surface area contributed by atoms with E-state index in [2.05, 4.69) is 32.5 Å². The van der Waals surface area contributed by atoms with Gasteiger partial charge in [-0.3, -0.25) is 9.59 Å². The lowest BCUT2D eigenvalue weighted by Gasteiger charge is -2.69. The van der Waals surface area contributed by atoms with Gasteiger partial charge in [0.15, 0.2) is 11.6 Å². The third-order valence-electron chi connectivity index (χ3n) is 12.7. The van der Waals surface area contributed by atoms with Gasteiger partial charge in [0.05, 0.1) is 19.1 Å². The summed E-state index contributed by atoms with van der Waals surface area (Å²) < 4.78 is 5.23. The van der Waals surface area contributed by atoms with E-state index in [1.54, 1.807) is 0 Å². The van der Waals surface area contributed by atoms with Crippen molar-refractivity contribution in [2.75, 3.05) is 7.11 Å². The number of esters is 1. The molecular formula is C32H43NO4. The maximum atomic E-state index is 14.3.